The lowest BCUT2D eigenvalue weighted by Crippen LogP contribution is -2.50. The Morgan fingerprint density at radius 1 is 1.14 bits per heavy atom. The van der Waals surface area contributed by atoms with E-state index in [1.165, 1.54) is 5.56 Å². The molecule has 1 aliphatic heterocycles. The zero-order valence-corrected chi connectivity index (χ0v) is 18.4. The predicted molar refractivity (Wildman–Crippen MR) is 117 cm³/mol. The molecule has 2 aliphatic rings. The lowest BCUT2D eigenvalue weighted by molar-refractivity contribution is -0.137. The molecule has 0 bridgehead atoms. The number of carbonyl (C=O) groups excluding carboxylic acids is 2. The van der Waals surface area contributed by atoms with E-state index in [4.69, 9.17) is 11.6 Å². The predicted octanol–water partition coefficient (Wildman–Crippen LogP) is 3.90. The van der Waals surface area contributed by atoms with Gasteiger partial charge in [0, 0.05) is 43.2 Å². The first-order chi connectivity index (χ1) is 13.9. The highest BCUT2D eigenvalue weighted by molar-refractivity contribution is 6.30. The fourth-order valence-electron chi connectivity index (χ4n) is 4.64. The van der Waals surface area contributed by atoms with Gasteiger partial charge >= 0.3 is 0 Å². The standard InChI is InChI=1S/C23H34ClN3O2/c1-17(2)25-21(28)15-23(11-3-4-12-23)22(29)26-20-9-13-27(14-10-20)16-18-5-7-19(24)8-6-18/h5-8,17,20H,3-4,9-16H2,1-2H3,(H,25,28)(H,26,29). The third-order valence-corrected chi connectivity index (χ3v) is 6.49. The van der Waals surface area contributed by atoms with Gasteiger partial charge in [0.1, 0.15) is 0 Å². The van der Waals surface area contributed by atoms with Crippen molar-refractivity contribution in [3.63, 3.8) is 0 Å². The average Bonchev–Trinajstić information content (AvgIpc) is 3.14. The Bertz CT molecular complexity index is 691. The van der Waals surface area contributed by atoms with Crippen molar-refractivity contribution < 1.29 is 9.59 Å². The van der Waals surface area contributed by atoms with Crippen LogP contribution in [0.1, 0.15) is 64.4 Å². The Labute approximate surface area is 179 Å². The number of carbonyl (C=O) groups is 2. The number of amides is 2. The van der Waals surface area contributed by atoms with Gasteiger partial charge in [0.25, 0.3) is 0 Å². The second-order valence-electron chi connectivity index (χ2n) is 9.04. The number of nitrogens with one attached hydrogen (secondary N) is 2. The Kier molecular flexibility index (Phi) is 7.58. The minimum atomic E-state index is -0.514. The van der Waals surface area contributed by atoms with E-state index < -0.39 is 5.41 Å². The van der Waals surface area contributed by atoms with Crippen LogP contribution in [0.15, 0.2) is 24.3 Å². The molecule has 3 rings (SSSR count). The quantitative estimate of drug-likeness (QED) is 0.704. The van der Waals surface area contributed by atoms with E-state index in [1.807, 2.05) is 26.0 Å². The van der Waals surface area contributed by atoms with E-state index in [1.54, 1.807) is 0 Å². The largest absolute Gasteiger partial charge is 0.354 e. The minimum Gasteiger partial charge on any atom is -0.354 e. The zero-order chi connectivity index (χ0) is 20.9. The molecule has 0 unspecified atom stereocenters. The molecule has 0 spiro atoms. The van der Waals surface area contributed by atoms with Gasteiger partial charge < -0.3 is 10.6 Å². The van der Waals surface area contributed by atoms with Crippen LogP contribution in [-0.4, -0.2) is 41.9 Å². The van der Waals surface area contributed by atoms with Crippen molar-refractivity contribution in [3.05, 3.63) is 34.9 Å². The smallest absolute Gasteiger partial charge is 0.226 e. The van der Waals surface area contributed by atoms with E-state index in [-0.39, 0.29) is 23.9 Å². The van der Waals surface area contributed by atoms with Gasteiger partial charge in [0.05, 0.1) is 5.41 Å². The van der Waals surface area contributed by atoms with Crippen LogP contribution in [0.5, 0.6) is 0 Å². The summed E-state index contributed by atoms with van der Waals surface area (Å²) in [7, 11) is 0. The lowest BCUT2D eigenvalue weighted by atomic mass is 9.80. The summed E-state index contributed by atoms with van der Waals surface area (Å²) in [4.78, 5) is 27.9. The summed E-state index contributed by atoms with van der Waals surface area (Å²) in [5, 5.41) is 7.00. The van der Waals surface area contributed by atoms with Crippen LogP contribution >= 0.6 is 11.6 Å². The van der Waals surface area contributed by atoms with E-state index in [2.05, 4.69) is 27.7 Å². The van der Waals surface area contributed by atoms with Crippen LogP contribution in [0.25, 0.3) is 0 Å². The highest BCUT2D eigenvalue weighted by Crippen LogP contribution is 2.41. The molecule has 1 aliphatic carbocycles. The van der Waals surface area contributed by atoms with E-state index in [0.29, 0.717) is 6.42 Å². The van der Waals surface area contributed by atoms with Crippen molar-refractivity contribution in [2.45, 2.75) is 77.4 Å². The van der Waals surface area contributed by atoms with Gasteiger partial charge in [-0.25, -0.2) is 0 Å². The first-order valence-electron chi connectivity index (χ1n) is 10.9. The molecule has 2 amide bonds. The summed E-state index contributed by atoms with van der Waals surface area (Å²) in [5.41, 5.74) is 0.748. The number of hydrogen-bond donors (Lipinski definition) is 2. The molecule has 1 aromatic carbocycles. The van der Waals surface area contributed by atoms with E-state index in [9.17, 15) is 9.59 Å². The molecule has 1 aromatic rings. The topological polar surface area (TPSA) is 61.4 Å². The van der Waals surface area contributed by atoms with Gasteiger partial charge in [-0.15, -0.1) is 0 Å². The lowest BCUT2D eigenvalue weighted by Gasteiger charge is -2.35. The maximum Gasteiger partial charge on any atom is 0.226 e. The molecule has 1 saturated heterocycles. The van der Waals surface area contributed by atoms with Crippen LogP contribution in [0, 0.1) is 5.41 Å². The average molecular weight is 420 g/mol. The Balaban J connectivity index is 1.49. The third kappa shape index (κ3) is 6.19. The highest BCUT2D eigenvalue weighted by atomic mass is 35.5. The van der Waals surface area contributed by atoms with Gasteiger partial charge in [-0.2, -0.15) is 0 Å². The Morgan fingerprint density at radius 3 is 2.34 bits per heavy atom. The second kappa shape index (κ2) is 9.94. The van der Waals surface area contributed by atoms with Crippen LogP contribution in [0.2, 0.25) is 5.02 Å². The molecule has 1 heterocycles. The summed E-state index contributed by atoms with van der Waals surface area (Å²) in [5.74, 6) is 0.0832. The zero-order valence-electron chi connectivity index (χ0n) is 17.7. The first-order valence-corrected chi connectivity index (χ1v) is 11.3. The minimum absolute atomic E-state index is 0.00478. The Morgan fingerprint density at radius 2 is 1.76 bits per heavy atom. The summed E-state index contributed by atoms with van der Waals surface area (Å²) in [6.45, 7) is 6.76. The van der Waals surface area contributed by atoms with Gasteiger partial charge in [0.2, 0.25) is 11.8 Å². The number of likely N-dealkylation sites (tertiary alicyclic amines) is 1. The molecule has 5 nitrogen and oxygen atoms in total. The van der Waals surface area contributed by atoms with Crippen molar-refractivity contribution in [2.24, 2.45) is 5.41 Å². The van der Waals surface area contributed by atoms with Crippen LogP contribution in [0.3, 0.4) is 0 Å². The summed E-state index contributed by atoms with van der Waals surface area (Å²) < 4.78 is 0. The number of halogens is 1. The molecule has 2 N–H and O–H groups in total. The molecule has 2 fully saturated rings. The van der Waals surface area contributed by atoms with Gasteiger partial charge in [-0.3, -0.25) is 14.5 Å². The summed E-state index contributed by atoms with van der Waals surface area (Å²) >= 11 is 5.96. The molecule has 1 saturated carbocycles. The number of piperidine rings is 1. The normalized spacial score (nSPS) is 20.0. The van der Waals surface area contributed by atoms with Crippen molar-refractivity contribution in [1.82, 2.24) is 15.5 Å². The SMILES string of the molecule is CC(C)NC(=O)CC1(C(=O)NC2CCN(Cc3ccc(Cl)cc3)CC2)CCCC1. The highest BCUT2D eigenvalue weighted by Gasteiger charge is 2.43. The molecular formula is C23H34ClN3O2. The summed E-state index contributed by atoms with van der Waals surface area (Å²) in [6.07, 6.45) is 5.91. The Hall–Kier alpha value is -1.59. The maximum absolute atomic E-state index is 13.1. The fraction of sp³-hybridized carbons (Fsp3) is 0.652. The van der Waals surface area contributed by atoms with Gasteiger partial charge in [-0.1, -0.05) is 36.6 Å². The van der Waals surface area contributed by atoms with Gasteiger partial charge in [-0.05, 0) is 57.2 Å². The van der Waals surface area contributed by atoms with Crippen LogP contribution < -0.4 is 10.6 Å². The second-order valence-corrected chi connectivity index (χ2v) is 9.47. The number of nitrogens with zero attached hydrogens (tertiary/aromatic N) is 1. The molecule has 0 aromatic heterocycles. The molecule has 160 valence electrons. The monoisotopic (exact) mass is 419 g/mol. The van der Waals surface area contributed by atoms with E-state index >= 15 is 0 Å². The molecule has 0 radical (unpaired) electrons. The van der Waals surface area contributed by atoms with Crippen molar-refractivity contribution in [3.8, 4) is 0 Å². The van der Waals surface area contributed by atoms with Crippen molar-refractivity contribution in [1.29, 1.82) is 0 Å². The summed E-state index contributed by atoms with van der Waals surface area (Å²) in [6, 6.07) is 8.31. The molecule has 0 atom stereocenters. The maximum atomic E-state index is 13.1. The number of benzene rings is 1. The third-order valence-electron chi connectivity index (χ3n) is 6.23. The van der Waals surface area contributed by atoms with Crippen LogP contribution in [0.4, 0.5) is 0 Å². The molecular weight excluding hydrogens is 386 g/mol. The van der Waals surface area contributed by atoms with Crippen molar-refractivity contribution >= 4 is 23.4 Å². The van der Waals surface area contributed by atoms with Crippen LogP contribution in [-0.2, 0) is 16.1 Å². The fourth-order valence-corrected chi connectivity index (χ4v) is 4.76. The van der Waals surface area contributed by atoms with Gasteiger partial charge in [0.15, 0.2) is 0 Å². The van der Waals surface area contributed by atoms with E-state index in [0.717, 1.165) is 63.2 Å². The first kappa shape index (κ1) is 22.1. The number of rotatable bonds is 7. The van der Waals surface area contributed by atoms with Crippen molar-refractivity contribution in [2.75, 3.05) is 13.1 Å². The molecule has 29 heavy (non-hydrogen) atoms. The molecule has 6 heteroatoms. The number of hydrogen-bond acceptors (Lipinski definition) is 3.